The van der Waals surface area contributed by atoms with Gasteiger partial charge in [-0.3, -0.25) is 0 Å². The number of likely N-dealkylation sites (N-methyl/N-ethyl adjacent to an activating group) is 2. The van der Waals surface area contributed by atoms with Crippen molar-refractivity contribution in [2.45, 2.75) is 12.8 Å². The van der Waals surface area contributed by atoms with Gasteiger partial charge in [-0.05, 0) is 60.2 Å². The van der Waals surface area contributed by atoms with Crippen LogP contribution in [0, 0.1) is 0 Å². The van der Waals surface area contributed by atoms with E-state index >= 15 is 0 Å². The van der Waals surface area contributed by atoms with Gasteiger partial charge in [0, 0.05) is 52.4 Å². The summed E-state index contributed by atoms with van der Waals surface area (Å²) >= 11 is 0. The van der Waals surface area contributed by atoms with Crippen LogP contribution in [0.2, 0.25) is 0 Å². The highest BCUT2D eigenvalue weighted by Crippen LogP contribution is 2.03. The number of rotatable bonds is 0. The number of hydrogen-bond acceptors (Lipinski definition) is 5. The standard InChI is InChI=1S/C17H37N5/c1-18-6-4-8-21-14-10-19(2)11-15-22(9-5-7-18)17-13-20(3)12-16-21/h4-17H2,1-3H3. The predicted octanol–water partition coefficient (Wildman–Crippen LogP) is 0.193. The average Bonchev–Trinajstić information content (AvgIpc) is 2.49. The number of fused-ring (bicyclic) bond motifs is 14. The van der Waals surface area contributed by atoms with E-state index in [-0.39, 0.29) is 0 Å². The van der Waals surface area contributed by atoms with Gasteiger partial charge >= 0.3 is 0 Å². The molecule has 0 saturated carbocycles. The first kappa shape index (κ1) is 18.1. The van der Waals surface area contributed by atoms with E-state index in [4.69, 9.17) is 0 Å². The van der Waals surface area contributed by atoms with Crippen molar-refractivity contribution in [3.63, 3.8) is 0 Å². The lowest BCUT2D eigenvalue weighted by Crippen LogP contribution is -2.45. The Morgan fingerprint density at radius 1 is 0.364 bits per heavy atom. The van der Waals surface area contributed by atoms with Gasteiger partial charge in [0.25, 0.3) is 0 Å². The molecule has 0 aliphatic carbocycles. The maximum atomic E-state index is 2.67. The third-order valence-electron chi connectivity index (χ3n) is 5.22. The molecule has 0 unspecified atom stereocenters. The molecule has 0 N–H and O–H groups in total. The summed E-state index contributed by atoms with van der Waals surface area (Å²) in [6, 6.07) is 0. The summed E-state index contributed by atoms with van der Waals surface area (Å²) in [6.07, 6.45) is 2.60. The Hall–Kier alpha value is -0.200. The highest BCUT2D eigenvalue weighted by Gasteiger charge is 2.14. The van der Waals surface area contributed by atoms with Crippen molar-refractivity contribution < 1.29 is 0 Å². The maximum Gasteiger partial charge on any atom is 0.0110 e. The summed E-state index contributed by atoms with van der Waals surface area (Å²) in [7, 11) is 6.86. The molecule has 130 valence electrons. The fraction of sp³-hybridized carbons (Fsp3) is 1.00. The van der Waals surface area contributed by atoms with Gasteiger partial charge in [0.1, 0.15) is 0 Å². The van der Waals surface area contributed by atoms with Crippen LogP contribution in [0.3, 0.4) is 0 Å². The van der Waals surface area contributed by atoms with Crippen LogP contribution in [-0.2, 0) is 0 Å². The summed E-state index contributed by atoms with van der Waals surface area (Å²) in [4.78, 5) is 12.9. The van der Waals surface area contributed by atoms with Crippen LogP contribution in [0.5, 0.6) is 0 Å². The monoisotopic (exact) mass is 311 g/mol. The van der Waals surface area contributed by atoms with Gasteiger partial charge in [-0.15, -0.1) is 0 Å². The van der Waals surface area contributed by atoms with Crippen LogP contribution in [0.4, 0.5) is 0 Å². The van der Waals surface area contributed by atoms with Gasteiger partial charge in [-0.25, -0.2) is 0 Å². The lowest BCUT2D eigenvalue weighted by atomic mass is 10.2. The molecule has 0 radical (unpaired) electrons. The molecular formula is C17H37N5. The zero-order valence-corrected chi connectivity index (χ0v) is 15.1. The third kappa shape index (κ3) is 6.92. The normalized spacial score (nSPS) is 32.9. The molecule has 3 aliphatic heterocycles. The van der Waals surface area contributed by atoms with E-state index in [0.717, 1.165) is 0 Å². The second-order valence-electron chi connectivity index (χ2n) is 7.30. The Kier molecular flexibility index (Phi) is 8.11. The van der Waals surface area contributed by atoms with Gasteiger partial charge in [0.05, 0.1) is 0 Å². The lowest BCUT2D eigenvalue weighted by Gasteiger charge is -2.33. The minimum absolute atomic E-state index is 1.20. The van der Waals surface area contributed by atoms with Gasteiger partial charge in [0.15, 0.2) is 0 Å². The van der Waals surface area contributed by atoms with Crippen molar-refractivity contribution in [3.05, 3.63) is 0 Å². The van der Waals surface area contributed by atoms with Crippen molar-refractivity contribution in [3.8, 4) is 0 Å². The van der Waals surface area contributed by atoms with Crippen molar-refractivity contribution in [2.24, 2.45) is 0 Å². The van der Waals surface area contributed by atoms with Crippen LogP contribution >= 0.6 is 0 Å². The average molecular weight is 312 g/mol. The summed E-state index contributed by atoms with van der Waals surface area (Å²) < 4.78 is 0. The minimum atomic E-state index is 1.20. The smallest absolute Gasteiger partial charge is 0.0110 e. The van der Waals surface area contributed by atoms with E-state index in [1.807, 2.05) is 0 Å². The summed E-state index contributed by atoms with van der Waals surface area (Å²) in [5.74, 6) is 0. The van der Waals surface area contributed by atoms with Crippen LogP contribution in [0.25, 0.3) is 0 Å². The minimum Gasteiger partial charge on any atom is -0.306 e. The van der Waals surface area contributed by atoms with E-state index in [9.17, 15) is 0 Å². The molecule has 3 fully saturated rings. The summed E-state index contributed by atoms with van der Waals surface area (Å²) in [6.45, 7) is 14.6. The Morgan fingerprint density at radius 3 is 1.05 bits per heavy atom. The van der Waals surface area contributed by atoms with Gasteiger partial charge in [0.2, 0.25) is 0 Å². The van der Waals surface area contributed by atoms with Crippen molar-refractivity contribution in [1.82, 2.24) is 24.5 Å². The Labute approximate surface area is 137 Å². The highest BCUT2D eigenvalue weighted by atomic mass is 15.3. The molecule has 22 heavy (non-hydrogen) atoms. The quantitative estimate of drug-likeness (QED) is 0.633. The second kappa shape index (κ2) is 9.83. The first-order chi connectivity index (χ1) is 10.6. The second-order valence-corrected chi connectivity index (χ2v) is 7.30. The molecule has 0 amide bonds. The van der Waals surface area contributed by atoms with E-state index in [1.54, 1.807) is 0 Å². The molecule has 0 atom stereocenters. The van der Waals surface area contributed by atoms with E-state index < -0.39 is 0 Å². The van der Waals surface area contributed by atoms with Crippen LogP contribution in [0.15, 0.2) is 0 Å². The summed E-state index contributed by atoms with van der Waals surface area (Å²) in [5.41, 5.74) is 0. The molecule has 0 aromatic rings. The van der Waals surface area contributed by atoms with E-state index in [1.165, 1.54) is 91.4 Å². The van der Waals surface area contributed by atoms with Crippen LogP contribution in [0.1, 0.15) is 12.8 Å². The topological polar surface area (TPSA) is 16.2 Å². The molecule has 3 aliphatic rings. The number of hydrogen-bond donors (Lipinski definition) is 0. The molecule has 5 nitrogen and oxygen atoms in total. The van der Waals surface area contributed by atoms with Crippen LogP contribution in [-0.4, -0.2) is 124 Å². The molecule has 0 aromatic carbocycles. The molecule has 5 heteroatoms. The SMILES string of the molecule is CN1CCCN2CCN(C)CCN(CCC1)CCN(C)CC2. The van der Waals surface area contributed by atoms with Crippen molar-refractivity contribution in [1.29, 1.82) is 0 Å². The Balaban J connectivity index is 2.02. The third-order valence-corrected chi connectivity index (χ3v) is 5.22. The first-order valence-corrected chi connectivity index (χ1v) is 9.14. The fourth-order valence-corrected chi connectivity index (χ4v) is 3.38. The van der Waals surface area contributed by atoms with Gasteiger partial charge < -0.3 is 24.5 Å². The lowest BCUT2D eigenvalue weighted by molar-refractivity contribution is 0.142. The van der Waals surface area contributed by atoms with Crippen molar-refractivity contribution >= 4 is 0 Å². The van der Waals surface area contributed by atoms with Gasteiger partial charge in [-0.2, -0.15) is 0 Å². The molecule has 3 rings (SSSR count). The highest BCUT2D eigenvalue weighted by molar-refractivity contribution is 4.71. The molecule has 0 aromatic heterocycles. The molecule has 3 heterocycles. The van der Waals surface area contributed by atoms with Crippen LogP contribution < -0.4 is 0 Å². The maximum absolute atomic E-state index is 2.67. The zero-order chi connectivity index (χ0) is 15.8. The van der Waals surface area contributed by atoms with E-state index in [0.29, 0.717) is 0 Å². The predicted molar refractivity (Wildman–Crippen MR) is 94.6 cm³/mol. The molecule has 2 bridgehead atoms. The molecular weight excluding hydrogens is 274 g/mol. The number of nitrogens with zero attached hydrogens (tertiary/aromatic N) is 5. The Bertz CT molecular complexity index is 255. The van der Waals surface area contributed by atoms with Gasteiger partial charge in [-0.1, -0.05) is 0 Å². The largest absolute Gasteiger partial charge is 0.306 e. The molecule has 3 saturated heterocycles. The molecule has 0 spiro atoms. The van der Waals surface area contributed by atoms with Crippen molar-refractivity contribution in [2.75, 3.05) is 99.7 Å². The zero-order valence-electron chi connectivity index (χ0n) is 15.1. The fourth-order valence-electron chi connectivity index (χ4n) is 3.38. The van der Waals surface area contributed by atoms with E-state index in [2.05, 4.69) is 45.6 Å². The Morgan fingerprint density at radius 2 is 0.682 bits per heavy atom. The summed E-state index contributed by atoms with van der Waals surface area (Å²) in [5, 5.41) is 0. The first-order valence-electron chi connectivity index (χ1n) is 9.14.